The molecule has 1 aromatic rings. The summed E-state index contributed by atoms with van der Waals surface area (Å²) in [6.07, 6.45) is 4.85. The van der Waals surface area contributed by atoms with Gasteiger partial charge in [-0.15, -0.1) is 0 Å². The smallest absolute Gasteiger partial charge is 0.140 e. The molecule has 3 heteroatoms. The number of rotatable bonds is 1. The van der Waals surface area contributed by atoms with Crippen LogP contribution in [0.5, 0.6) is 0 Å². The molecule has 1 aliphatic carbocycles. The number of H-pyrrole nitrogens is 1. The fourth-order valence-electron chi connectivity index (χ4n) is 1.81. The number of hydrogen-bond acceptors (Lipinski definition) is 2. The summed E-state index contributed by atoms with van der Waals surface area (Å²) < 4.78 is 0. The summed E-state index contributed by atoms with van der Waals surface area (Å²) in [5.41, 5.74) is 1.07. The molecule has 0 bridgehead atoms. The molecular formula is C12H17NO2. The van der Waals surface area contributed by atoms with Crippen LogP contribution in [-0.2, 0) is 9.59 Å². The van der Waals surface area contributed by atoms with Crippen LogP contribution >= 0.6 is 0 Å². The van der Waals surface area contributed by atoms with Crippen molar-refractivity contribution in [3.8, 4) is 0 Å². The third-order valence-electron chi connectivity index (χ3n) is 2.44. The molecule has 0 atom stereocenters. The Bertz CT molecular complexity index is 311. The van der Waals surface area contributed by atoms with Crippen molar-refractivity contribution in [3.63, 3.8) is 0 Å². The Balaban J connectivity index is 0.000000531. The van der Waals surface area contributed by atoms with E-state index in [4.69, 9.17) is 0 Å². The Kier molecular flexibility index (Phi) is 4.28. The van der Waals surface area contributed by atoms with Crippen molar-refractivity contribution in [2.45, 2.75) is 39.0 Å². The van der Waals surface area contributed by atoms with Crippen LogP contribution in [0.15, 0.2) is 18.5 Å². The van der Waals surface area contributed by atoms with Crippen molar-refractivity contribution in [2.75, 3.05) is 0 Å². The summed E-state index contributed by atoms with van der Waals surface area (Å²) in [6.45, 7) is 4.00. The normalized spacial score (nSPS) is 17.2. The van der Waals surface area contributed by atoms with Gasteiger partial charge in [0.05, 0.1) is 6.42 Å². The summed E-state index contributed by atoms with van der Waals surface area (Å²) in [5.74, 6) is 0.255. The van der Waals surface area contributed by atoms with Gasteiger partial charge in [0.1, 0.15) is 11.6 Å². The van der Waals surface area contributed by atoms with Gasteiger partial charge in [-0.25, -0.2) is 0 Å². The predicted octanol–water partition coefficient (Wildman–Crippen LogP) is 2.45. The number of aromatic nitrogens is 1. The maximum atomic E-state index is 11.1. The zero-order valence-corrected chi connectivity index (χ0v) is 9.25. The summed E-state index contributed by atoms with van der Waals surface area (Å²) in [4.78, 5) is 25.2. The molecule has 1 aromatic heterocycles. The van der Waals surface area contributed by atoms with Crippen molar-refractivity contribution >= 4 is 11.6 Å². The van der Waals surface area contributed by atoms with E-state index in [1.807, 2.05) is 32.3 Å². The summed E-state index contributed by atoms with van der Waals surface area (Å²) in [6, 6.07) is 1.93. The van der Waals surface area contributed by atoms with E-state index in [2.05, 4.69) is 4.98 Å². The lowest BCUT2D eigenvalue weighted by atomic mass is 9.84. The van der Waals surface area contributed by atoms with Gasteiger partial charge in [-0.3, -0.25) is 9.59 Å². The molecule has 1 heterocycles. The minimum Gasteiger partial charge on any atom is -0.367 e. The van der Waals surface area contributed by atoms with Crippen LogP contribution in [0, 0.1) is 0 Å². The first kappa shape index (κ1) is 11.7. The number of Topliss-reactive ketones (excluding diaryl/α,β-unsaturated/α-hetero) is 2. The minimum atomic E-state index is 0.0717. The van der Waals surface area contributed by atoms with Crippen LogP contribution in [0.25, 0.3) is 0 Å². The molecule has 1 saturated carbocycles. The second-order valence-corrected chi connectivity index (χ2v) is 3.50. The largest absolute Gasteiger partial charge is 0.367 e. The maximum Gasteiger partial charge on any atom is 0.140 e. The number of nitrogens with one attached hydrogen (secondary N) is 1. The number of aromatic amines is 1. The lowest BCUT2D eigenvalue weighted by Crippen LogP contribution is -2.20. The van der Waals surface area contributed by atoms with E-state index in [0.29, 0.717) is 12.8 Å². The van der Waals surface area contributed by atoms with Crippen molar-refractivity contribution < 1.29 is 9.59 Å². The molecule has 1 aliphatic rings. The lowest BCUT2D eigenvalue weighted by Gasteiger charge is -2.18. The highest BCUT2D eigenvalue weighted by molar-refractivity contribution is 6.02. The Morgan fingerprint density at radius 2 is 1.80 bits per heavy atom. The van der Waals surface area contributed by atoms with Crippen molar-refractivity contribution in [2.24, 2.45) is 0 Å². The summed E-state index contributed by atoms with van der Waals surface area (Å²) in [5, 5.41) is 0. The van der Waals surface area contributed by atoms with E-state index in [1.165, 1.54) is 0 Å². The van der Waals surface area contributed by atoms with E-state index in [1.54, 1.807) is 0 Å². The second-order valence-electron chi connectivity index (χ2n) is 3.50. The van der Waals surface area contributed by atoms with Crippen LogP contribution < -0.4 is 0 Å². The van der Waals surface area contributed by atoms with E-state index in [9.17, 15) is 9.59 Å². The standard InChI is InChI=1S/C10H11NO2.C2H6/c12-9-3-8(4-10(13)5-9)7-1-2-11-6-7;1-2/h1-2,6,8,11H,3-5H2;1-2H3. The Hall–Kier alpha value is -1.38. The highest BCUT2D eigenvalue weighted by Gasteiger charge is 2.26. The Labute approximate surface area is 89.9 Å². The summed E-state index contributed by atoms with van der Waals surface area (Å²) in [7, 11) is 0. The molecule has 0 radical (unpaired) electrons. The molecule has 1 N–H and O–H groups in total. The van der Waals surface area contributed by atoms with Gasteiger partial charge in [-0.05, 0) is 17.5 Å². The highest BCUT2D eigenvalue weighted by Crippen LogP contribution is 2.28. The van der Waals surface area contributed by atoms with Crippen molar-refractivity contribution in [1.29, 1.82) is 0 Å². The van der Waals surface area contributed by atoms with Gasteiger partial charge in [0.15, 0.2) is 0 Å². The monoisotopic (exact) mass is 207 g/mol. The van der Waals surface area contributed by atoms with Gasteiger partial charge in [0, 0.05) is 25.2 Å². The topological polar surface area (TPSA) is 49.9 Å². The molecule has 0 saturated heterocycles. The van der Waals surface area contributed by atoms with E-state index in [0.717, 1.165) is 5.56 Å². The Morgan fingerprint density at radius 3 is 2.27 bits per heavy atom. The minimum absolute atomic E-state index is 0.0717. The first-order chi connectivity index (χ1) is 7.25. The molecule has 0 amide bonds. The highest BCUT2D eigenvalue weighted by atomic mass is 16.1. The third-order valence-corrected chi connectivity index (χ3v) is 2.44. The van der Waals surface area contributed by atoms with Crippen LogP contribution in [0.4, 0.5) is 0 Å². The van der Waals surface area contributed by atoms with Gasteiger partial charge in [-0.1, -0.05) is 13.8 Å². The number of carbonyl (C=O) groups excluding carboxylic acids is 2. The fourth-order valence-corrected chi connectivity index (χ4v) is 1.81. The number of hydrogen-bond donors (Lipinski definition) is 1. The number of carbonyl (C=O) groups is 2. The second kappa shape index (κ2) is 5.49. The lowest BCUT2D eigenvalue weighted by molar-refractivity contribution is -0.130. The number of ketones is 2. The van der Waals surface area contributed by atoms with Crippen LogP contribution in [0.2, 0.25) is 0 Å². The molecule has 1 fully saturated rings. The maximum absolute atomic E-state index is 11.1. The Morgan fingerprint density at radius 1 is 1.20 bits per heavy atom. The molecule has 3 nitrogen and oxygen atoms in total. The molecule has 0 aliphatic heterocycles. The van der Waals surface area contributed by atoms with E-state index < -0.39 is 0 Å². The quantitative estimate of drug-likeness (QED) is 0.719. The first-order valence-electron chi connectivity index (χ1n) is 5.42. The van der Waals surface area contributed by atoms with Crippen LogP contribution in [0.1, 0.15) is 44.6 Å². The first-order valence-corrected chi connectivity index (χ1v) is 5.42. The van der Waals surface area contributed by atoms with Crippen LogP contribution in [-0.4, -0.2) is 16.6 Å². The molecule has 15 heavy (non-hydrogen) atoms. The zero-order chi connectivity index (χ0) is 11.3. The van der Waals surface area contributed by atoms with Gasteiger partial charge >= 0.3 is 0 Å². The van der Waals surface area contributed by atoms with Gasteiger partial charge < -0.3 is 4.98 Å². The molecule has 0 aromatic carbocycles. The molecule has 2 rings (SSSR count). The van der Waals surface area contributed by atoms with E-state index >= 15 is 0 Å². The summed E-state index contributed by atoms with van der Waals surface area (Å²) >= 11 is 0. The van der Waals surface area contributed by atoms with Gasteiger partial charge in [-0.2, -0.15) is 0 Å². The molecule has 0 unspecified atom stereocenters. The van der Waals surface area contributed by atoms with Gasteiger partial charge in [0.25, 0.3) is 0 Å². The fraction of sp³-hybridized carbons (Fsp3) is 0.500. The predicted molar refractivity (Wildman–Crippen MR) is 58.7 cm³/mol. The van der Waals surface area contributed by atoms with Crippen LogP contribution in [0.3, 0.4) is 0 Å². The SMILES string of the molecule is CC.O=C1CC(=O)CC(c2cc[nH]c2)C1. The van der Waals surface area contributed by atoms with E-state index in [-0.39, 0.29) is 23.9 Å². The molecule has 82 valence electrons. The molecular weight excluding hydrogens is 190 g/mol. The average Bonchev–Trinajstić information content (AvgIpc) is 2.72. The molecule has 0 spiro atoms. The third kappa shape index (κ3) is 3.05. The van der Waals surface area contributed by atoms with Gasteiger partial charge in [0.2, 0.25) is 0 Å². The van der Waals surface area contributed by atoms with Crippen molar-refractivity contribution in [3.05, 3.63) is 24.0 Å². The average molecular weight is 207 g/mol. The zero-order valence-electron chi connectivity index (χ0n) is 9.25. The van der Waals surface area contributed by atoms with Crippen molar-refractivity contribution in [1.82, 2.24) is 4.98 Å².